The first kappa shape index (κ1) is 13.8. The molecule has 0 saturated heterocycles. The van der Waals surface area contributed by atoms with Crippen LogP contribution in [0.1, 0.15) is 41.4 Å². The molecular formula is C14H20N2O3. The van der Waals surface area contributed by atoms with E-state index in [-0.39, 0.29) is 5.56 Å². The largest absolute Gasteiger partial charge is 0.478 e. The average molecular weight is 264 g/mol. The molecule has 0 spiro atoms. The van der Waals surface area contributed by atoms with Crippen LogP contribution in [0.3, 0.4) is 0 Å². The summed E-state index contributed by atoms with van der Waals surface area (Å²) in [6, 6.07) is 1.77. The molecule has 0 amide bonds. The number of hydrogen-bond acceptors (Lipinski definition) is 4. The zero-order chi connectivity index (χ0) is 13.7. The van der Waals surface area contributed by atoms with Gasteiger partial charge in [0.15, 0.2) is 0 Å². The fourth-order valence-corrected chi connectivity index (χ4v) is 2.30. The fraction of sp³-hybridized carbons (Fsp3) is 0.571. The molecule has 1 aromatic heterocycles. The third kappa shape index (κ3) is 3.44. The van der Waals surface area contributed by atoms with Crippen LogP contribution in [0.25, 0.3) is 0 Å². The molecule has 0 aromatic carbocycles. The van der Waals surface area contributed by atoms with Gasteiger partial charge in [0.1, 0.15) is 11.4 Å². The highest BCUT2D eigenvalue weighted by Crippen LogP contribution is 2.25. The summed E-state index contributed by atoms with van der Waals surface area (Å²) in [5.41, 5.74) is 2.40. The van der Waals surface area contributed by atoms with Crippen molar-refractivity contribution < 1.29 is 14.6 Å². The quantitative estimate of drug-likeness (QED) is 0.738. The second-order valence-corrected chi connectivity index (χ2v) is 4.63. The van der Waals surface area contributed by atoms with Gasteiger partial charge in [0.2, 0.25) is 0 Å². The monoisotopic (exact) mass is 264 g/mol. The van der Waals surface area contributed by atoms with Crippen LogP contribution in [0, 0.1) is 0 Å². The molecule has 1 aliphatic rings. The van der Waals surface area contributed by atoms with Crippen molar-refractivity contribution in [3.8, 4) is 0 Å². The Morgan fingerprint density at radius 1 is 1.53 bits per heavy atom. The standard InChI is InChI=1S/C14H20N2O3/c1-2-19-8-4-7-15-13-11(14(17)18)9-10-5-3-6-12(10)16-13/h9H,2-8H2,1H3,(H,15,16)(H,17,18). The lowest BCUT2D eigenvalue weighted by molar-refractivity contribution is 0.0697. The number of pyridine rings is 1. The zero-order valence-electron chi connectivity index (χ0n) is 11.2. The molecule has 2 rings (SSSR count). The van der Waals surface area contributed by atoms with Gasteiger partial charge in [-0.2, -0.15) is 0 Å². The van der Waals surface area contributed by atoms with Gasteiger partial charge in [-0.3, -0.25) is 0 Å². The molecule has 0 aliphatic heterocycles. The Balaban J connectivity index is 2.03. The summed E-state index contributed by atoms with van der Waals surface area (Å²) in [6.07, 6.45) is 3.79. The van der Waals surface area contributed by atoms with Crippen molar-refractivity contribution in [3.63, 3.8) is 0 Å². The molecule has 1 aliphatic carbocycles. The Kier molecular flexibility index (Phi) is 4.74. The van der Waals surface area contributed by atoms with Gasteiger partial charge in [0.25, 0.3) is 0 Å². The van der Waals surface area contributed by atoms with Crippen LogP contribution in [0.4, 0.5) is 5.82 Å². The normalized spacial score (nSPS) is 13.3. The van der Waals surface area contributed by atoms with Crippen molar-refractivity contribution in [2.75, 3.05) is 25.1 Å². The van der Waals surface area contributed by atoms with Gasteiger partial charge in [-0.05, 0) is 44.2 Å². The second kappa shape index (κ2) is 6.52. The zero-order valence-corrected chi connectivity index (χ0v) is 11.2. The van der Waals surface area contributed by atoms with E-state index in [1.54, 1.807) is 6.07 Å². The number of fused-ring (bicyclic) bond motifs is 1. The number of aromatic nitrogens is 1. The van der Waals surface area contributed by atoms with Crippen LogP contribution in [-0.4, -0.2) is 35.8 Å². The van der Waals surface area contributed by atoms with E-state index in [1.807, 2.05) is 6.92 Å². The molecule has 1 aromatic rings. The number of aryl methyl sites for hydroxylation is 2. The number of carboxylic acids is 1. The second-order valence-electron chi connectivity index (χ2n) is 4.63. The molecule has 5 nitrogen and oxygen atoms in total. The molecule has 104 valence electrons. The molecular weight excluding hydrogens is 244 g/mol. The molecule has 1 heterocycles. The lowest BCUT2D eigenvalue weighted by Crippen LogP contribution is -2.12. The third-order valence-electron chi connectivity index (χ3n) is 3.24. The molecule has 0 radical (unpaired) electrons. The van der Waals surface area contributed by atoms with Gasteiger partial charge in [0.05, 0.1) is 0 Å². The van der Waals surface area contributed by atoms with E-state index in [0.717, 1.165) is 36.9 Å². The minimum Gasteiger partial charge on any atom is -0.478 e. The van der Waals surface area contributed by atoms with E-state index in [4.69, 9.17) is 4.74 Å². The van der Waals surface area contributed by atoms with Gasteiger partial charge in [0, 0.05) is 25.5 Å². The number of hydrogen-bond donors (Lipinski definition) is 2. The van der Waals surface area contributed by atoms with E-state index in [9.17, 15) is 9.90 Å². The van der Waals surface area contributed by atoms with Crippen molar-refractivity contribution in [1.82, 2.24) is 4.98 Å². The van der Waals surface area contributed by atoms with Crippen LogP contribution in [0.15, 0.2) is 6.07 Å². The van der Waals surface area contributed by atoms with E-state index in [2.05, 4.69) is 10.3 Å². The Hall–Kier alpha value is -1.62. The van der Waals surface area contributed by atoms with Crippen LogP contribution >= 0.6 is 0 Å². The van der Waals surface area contributed by atoms with Gasteiger partial charge < -0.3 is 15.2 Å². The molecule has 0 fully saturated rings. The first-order valence-corrected chi connectivity index (χ1v) is 6.80. The maximum atomic E-state index is 11.3. The topological polar surface area (TPSA) is 71.5 Å². The number of aromatic carboxylic acids is 1. The molecule has 2 N–H and O–H groups in total. The van der Waals surface area contributed by atoms with Crippen LogP contribution in [0.2, 0.25) is 0 Å². The summed E-state index contributed by atoms with van der Waals surface area (Å²) in [6.45, 7) is 4.01. The van der Waals surface area contributed by atoms with E-state index >= 15 is 0 Å². The Morgan fingerprint density at radius 2 is 2.37 bits per heavy atom. The highest BCUT2D eigenvalue weighted by Gasteiger charge is 2.19. The number of carboxylic acid groups (broad SMARTS) is 1. The Bertz CT molecular complexity index is 460. The van der Waals surface area contributed by atoms with Crippen molar-refractivity contribution in [3.05, 3.63) is 22.9 Å². The lowest BCUT2D eigenvalue weighted by Gasteiger charge is -2.11. The van der Waals surface area contributed by atoms with Gasteiger partial charge >= 0.3 is 5.97 Å². The predicted molar refractivity (Wildman–Crippen MR) is 72.8 cm³/mol. The summed E-state index contributed by atoms with van der Waals surface area (Å²) in [7, 11) is 0. The summed E-state index contributed by atoms with van der Waals surface area (Å²) in [5.74, 6) is -0.431. The summed E-state index contributed by atoms with van der Waals surface area (Å²) >= 11 is 0. The summed E-state index contributed by atoms with van der Waals surface area (Å²) in [4.78, 5) is 15.7. The minimum atomic E-state index is -0.922. The number of nitrogens with zero attached hydrogens (tertiary/aromatic N) is 1. The minimum absolute atomic E-state index is 0.275. The molecule has 5 heteroatoms. The maximum Gasteiger partial charge on any atom is 0.339 e. The summed E-state index contributed by atoms with van der Waals surface area (Å²) in [5, 5.41) is 12.3. The van der Waals surface area contributed by atoms with E-state index < -0.39 is 5.97 Å². The summed E-state index contributed by atoms with van der Waals surface area (Å²) < 4.78 is 5.25. The molecule has 0 unspecified atom stereocenters. The van der Waals surface area contributed by atoms with Crippen molar-refractivity contribution in [2.45, 2.75) is 32.6 Å². The molecule has 0 bridgehead atoms. The number of anilines is 1. The third-order valence-corrected chi connectivity index (χ3v) is 3.24. The SMILES string of the molecule is CCOCCCNc1nc2c(cc1C(=O)O)CCC2. The fourth-order valence-electron chi connectivity index (χ4n) is 2.30. The Morgan fingerprint density at radius 3 is 3.11 bits per heavy atom. The highest BCUT2D eigenvalue weighted by molar-refractivity contribution is 5.93. The van der Waals surface area contributed by atoms with Gasteiger partial charge in [-0.15, -0.1) is 0 Å². The smallest absolute Gasteiger partial charge is 0.339 e. The Labute approximate surface area is 113 Å². The van der Waals surface area contributed by atoms with Crippen molar-refractivity contribution in [1.29, 1.82) is 0 Å². The van der Waals surface area contributed by atoms with Gasteiger partial charge in [-0.25, -0.2) is 9.78 Å². The molecule has 19 heavy (non-hydrogen) atoms. The van der Waals surface area contributed by atoms with E-state index in [1.165, 1.54) is 0 Å². The van der Waals surface area contributed by atoms with E-state index in [0.29, 0.717) is 25.6 Å². The van der Waals surface area contributed by atoms with Crippen LogP contribution in [-0.2, 0) is 17.6 Å². The van der Waals surface area contributed by atoms with Crippen molar-refractivity contribution >= 4 is 11.8 Å². The lowest BCUT2D eigenvalue weighted by atomic mass is 10.1. The number of carbonyl (C=O) groups is 1. The first-order chi connectivity index (χ1) is 9.22. The van der Waals surface area contributed by atoms with Gasteiger partial charge in [-0.1, -0.05) is 0 Å². The first-order valence-electron chi connectivity index (χ1n) is 6.80. The number of ether oxygens (including phenoxy) is 1. The van der Waals surface area contributed by atoms with Crippen molar-refractivity contribution in [2.24, 2.45) is 0 Å². The molecule has 0 saturated carbocycles. The predicted octanol–water partition coefficient (Wildman–Crippen LogP) is 2.11. The van der Waals surface area contributed by atoms with Crippen LogP contribution in [0.5, 0.6) is 0 Å². The number of rotatable bonds is 7. The van der Waals surface area contributed by atoms with Crippen LogP contribution < -0.4 is 5.32 Å². The average Bonchev–Trinajstić information content (AvgIpc) is 2.84. The number of nitrogens with one attached hydrogen (secondary N) is 1. The maximum absolute atomic E-state index is 11.3. The molecule has 0 atom stereocenters. The highest BCUT2D eigenvalue weighted by atomic mass is 16.5.